The molecule has 122 valence electrons. The largest absolute Gasteiger partial charge is 0.495 e. The van der Waals surface area contributed by atoms with Gasteiger partial charge < -0.3 is 14.2 Å². The lowest BCUT2D eigenvalue weighted by molar-refractivity contribution is 0.0503. The summed E-state index contributed by atoms with van der Waals surface area (Å²) in [7, 11) is 1.42. The monoisotopic (exact) mass is 316 g/mol. The van der Waals surface area contributed by atoms with Gasteiger partial charge in [0.1, 0.15) is 16.9 Å². The maximum absolute atomic E-state index is 12.4. The van der Waals surface area contributed by atoms with E-state index in [1.165, 1.54) is 7.11 Å². The molecule has 0 amide bonds. The first-order valence-corrected chi connectivity index (χ1v) is 7.58. The Morgan fingerprint density at radius 1 is 0.913 bits per heavy atom. The van der Waals surface area contributed by atoms with Gasteiger partial charge in [-0.15, -0.1) is 0 Å². The molecule has 0 aliphatic heterocycles. The number of ether oxygens (including phenoxy) is 3. The van der Waals surface area contributed by atoms with Crippen molar-refractivity contribution < 1.29 is 23.8 Å². The van der Waals surface area contributed by atoms with E-state index in [9.17, 15) is 9.59 Å². The van der Waals surface area contributed by atoms with E-state index in [1.807, 2.05) is 13.0 Å². The van der Waals surface area contributed by atoms with E-state index in [1.54, 1.807) is 31.2 Å². The van der Waals surface area contributed by atoms with E-state index >= 15 is 0 Å². The van der Waals surface area contributed by atoms with Crippen molar-refractivity contribution in [3.63, 3.8) is 0 Å². The molecule has 0 atom stereocenters. The normalized spacial score (nSPS) is 10.4. The van der Waals surface area contributed by atoms with Crippen LogP contribution in [0.5, 0.6) is 5.75 Å². The van der Waals surface area contributed by atoms with E-state index in [-0.39, 0.29) is 23.5 Å². The summed E-state index contributed by atoms with van der Waals surface area (Å²) in [6, 6.07) is 8.95. The lowest BCUT2D eigenvalue weighted by Crippen LogP contribution is -2.09. The third-order valence-electron chi connectivity index (χ3n) is 3.36. The van der Waals surface area contributed by atoms with Crippen LogP contribution in [-0.4, -0.2) is 32.3 Å². The van der Waals surface area contributed by atoms with Crippen molar-refractivity contribution in [3.05, 3.63) is 41.5 Å². The molecule has 0 fully saturated rings. The molecule has 0 saturated carbocycles. The van der Waals surface area contributed by atoms with Crippen LogP contribution in [0.15, 0.2) is 30.3 Å². The second-order valence-corrected chi connectivity index (χ2v) is 4.88. The Morgan fingerprint density at radius 2 is 1.48 bits per heavy atom. The van der Waals surface area contributed by atoms with Gasteiger partial charge in [-0.1, -0.05) is 37.3 Å². The highest BCUT2D eigenvalue weighted by molar-refractivity contribution is 6.12. The maximum Gasteiger partial charge on any atom is 0.342 e. The molecule has 5 nitrogen and oxygen atoms in total. The molecule has 0 N–H and O–H groups in total. The summed E-state index contributed by atoms with van der Waals surface area (Å²) in [6.07, 6.45) is 0.713. The number of carbonyl (C=O) groups excluding carboxylic acids is 2. The molecular formula is C18H20O5. The zero-order valence-corrected chi connectivity index (χ0v) is 13.5. The van der Waals surface area contributed by atoms with Crippen LogP contribution in [0.4, 0.5) is 0 Å². The fraction of sp³-hybridized carbons (Fsp3) is 0.333. The topological polar surface area (TPSA) is 61.8 Å². The molecule has 0 saturated heterocycles. The summed E-state index contributed by atoms with van der Waals surface area (Å²) in [4.78, 5) is 24.8. The Morgan fingerprint density at radius 3 is 1.96 bits per heavy atom. The molecule has 2 rings (SSSR count). The molecule has 0 radical (unpaired) electrons. The van der Waals surface area contributed by atoms with Crippen molar-refractivity contribution in [2.45, 2.75) is 20.3 Å². The van der Waals surface area contributed by atoms with Crippen LogP contribution in [0.25, 0.3) is 11.1 Å². The summed E-state index contributed by atoms with van der Waals surface area (Å²) >= 11 is 0. The van der Waals surface area contributed by atoms with Gasteiger partial charge in [0.2, 0.25) is 0 Å². The molecule has 23 heavy (non-hydrogen) atoms. The highest BCUT2D eigenvalue weighted by Crippen LogP contribution is 2.42. The molecular weight excluding hydrogens is 296 g/mol. The molecule has 2 aliphatic rings. The van der Waals surface area contributed by atoms with E-state index in [2.05, 4.69) is 0 Å². The van der Waals surface area contributed by atoms with E-state index in [0.29, 0.717) is 24.2 Å². The quantitative estimate of drug-likeness (QED) is 0.763. The van der Waals surface area contributed by atoms with Crippen molar-refractivity contribution in [2.75, 3.05) is 20.3 Å². The van der Waals surface area contributed by atoms with E-state index in [0.717, 1.165) is 0 Å². The van der Waals surface area contributed by atoms with Crippen molar-refractivity contribution in [2.24, 2.45) is 0 Å². The minimum Gasteiger partial charge on any atom is -0.495 e. The molecule has 0 aromatic rings. The minimum absolute atomic E-state index is 0.200. The molecule has 0 aromatic heterocycles. The average molecular weight is 316 g/mol. The van der Waals surface area contributed by atoms with Crippen molar-refractivity contribution in [1.82, 2.24) is 0 Å². The van der Waals surface area contributed by atoms with Crippen molar-refractivity contribution in [3.8, 4) is 16.9 Å². The third kappa shape index (κ3) is 3.28. The number of carbonyl (C=O) groups is 2. The van der Waals surface area contributed by atoms with Crippen LogP contribution in [0.3, 0.4) is 0 Å². The fourth-order valence-electron chi connectivity index (χ4n) is 2.43. The molecule has 2 aliphatic carbocycles. The van der Waals surface area contributed by atoms with Gasteiger partial charge in [-0.3, -0.25) is 0 Å². The third-order valence-corrected chi connectivity index (χ3v) is 3.36. The van der Waals surface area contributed by atoms with Crippen LogP contribution >= 0.6 is 0 Å². The second-order valence-electron chi connectivity index (χ2n) is 4.88. The summed E-state index contributed by atoms with van der Waals surface area (Å²) < 4.78 is 15.7. The SMILES string of the molecule is CCCOC(=O)c1c2cccccc-2c(C(=O)OCC)c1OC. The Kier molecular flexibility index (Phi) is 5.57. The average Bonchev–Trinajstić information content (AvgIpc) is 2.68. The zero-order chi connectivity index (χ0) is 16.8. The fourth-order valence-corrected chi connectivity index (χ4v) is 2.43. The van der Waals surface area contributed by atoms with Gasteiger partial charge in [-0.05, 0) is 13.3 Å². The highest BCUT2D eigenvalue weighted by atomic mass is 16.5. The second kappa shape index (κ2) is 7.63. The zero-order valence-electron chi connectivity index (χ0n) is 13.5. The number of hydrogen-bond donors (Lipinski definition) is 0. The van der Waals surface area contributed by atoms with Crippen LogP contribution in [0, 0.1) is 0 Å². The molecule has 0 heterocycles. The van der Waals surface area contributed by atoms with Gasteiger partial charge in [0, 0.05) is 11.1 Å². The van der Waals surface area contributed by atoms with Crippen molar-refractivity contribution >= 4 is 11.9 Å². The van der Waals surface area contributed by atoms with Gasteiger partial charge in [-0.25, -0.2) is 9.59 Å². The summed E-state index contributed by atoms with van der Waals surface area (Å²) in [5, 5.41) is 0. The highest BCUT2D eigenvalue weighted by Gasteiger charge is 2.32. The Hall–Kier alpha value is -2.56. The smallest absolute Gasteiger partial charge is 0.342 e. The lowest BCUT2D eigenvalue weighted by Gasteiger charge is -2.07. The predicted molar refractivity (Wildman–Crippen MR) is 86.1 cm³/mol. The van der Waals surface area contributed by atoms with Gasteiger partial charge in [-0.2, -0.15) is 0 Å². The minimum atomic E-state index is -0.518. The Balaban J connectivity index is 2.66. The number of rotatable bonds is 6. The van der Waals surface area contributed by atoms with E-state index < -0.39 is 11.9 Å². The van der Waals surface area contributed by atoms with Gasteiger partial charge >= 0.3 is 11.9 Å². The first kappa shape index (κ1) is 16.8. The molecule has 0 spiro atoms. The molecule has 0 unspecified atom stereocenters. The standard InChI is InChI=1S/C18H20O5/c1-4-11-23-18(20)15-13-10-8-6-7-9-12(13)14(16(15)21-3)17(19)22-5-2/h6-10H,4-5,11H2,1-3H3. The van der Waals surface area contributed by atoms with Crippen molar-refractivity contribution in [1.29, 1.82) is 0 Å². The number of fused-ring (bicyclic) bond motifs is 1. The van der Waals surface area contributed by atoms with Crippen LogP contribution < -0.4 is 4.74 Å². The van der Waals surface area contributed by atoms with Crippen LogP contribution in [0.2, 0.25) is 0 Å². The van der Waals surface area contributed by atoms with E-state index in [4.69, 9.17) is 14.2 Å². The predicted octanol–water partition coefficient (Wildman–Crippen LogP) is 3.54. The number of esters is 2. The number of hydrogen-bond acceptors (Lipinski definition) is 5. The number of methoxy groups -OCH3 is 1. The summed E-state index contributed by atoms with van der Waals surface area (Å²) in [6.45, 7) is 4.19. The maximum atomic E-state index is 12.4. The first-order valence-electron chi connectivity index (χ1n) is 7.58. The van der Waals surface area contributed by atoms with Gasteiger partial charge in [0.15, 0.2) is 0 Å². The van der Waals surface area contributed by atoms with Gasteiger partial charge in [0.05, 0.1) is 20.3 Å². The Bertz CT molecular complexity index is 677. The first-order chi connectivity index (χ1) is 11.2. The van der Waals surface area contributed by atoms with Crippen LogP contribution in [-0.2, 0) is 9.47 Å². The summed E-state index contributed by atoms with van der Waals surface area (Å²) in [5.41, 5.74) is 1.73. The molecule has 0 aromatic carbocycles. The van der Waals surface area contributed by atoms with Crippen LogP contribution in [0.1, 0.15) is 41.0 Å². The van der Waals surface area contributed by atoms with Gasteiger partial charge in [0.25, 0.3) is 0 Å². The molecule has 5 heteroatoms. The Labute approximate surface area is 135 Å². The molecule has 0 bridgehead atoms. The summed E-state index contributed by atoms with van der Waals surface area (Å²) in [5.74, 6) is -0.823. The lowest BCUT2D eigenvalue weighted by atomic mass is 10.1.